The lowest BCUT2D eigenvalue weighted by molar-refractivity contribution is -0.0931. The number of aromatic nitrogens is 3. The van der Waals surface area contributed by atoms with Gasteiger partial charge in [0.15, 0.2) is 0 Å². The fourth-order valence-electron chi connectivity index (χ4n) is 6.09. The van der Waals surface area contributed by atoms with Gasteiger partial charge >= 0.3 is 0 Å². The van der Waals surface area contributed by atoms with Gasteiger partial charge < -0.3 is 14.8 Å². The Hall–Kier alpha value is -4.12. The average molecular weight is 581 g/mol. The van der Waals surface area contributed by atoms with Crippen LogP contribution in [0.1, 0.15) is 52.5 Å². The molecule has 0 radical (unpaired) electrons. The topological polar surface area (TPSA) is 75.4 Å². The molecule has 0 spiro atoms. The Balaban J connectivity index is 1.44. The van der Waals surface area contributed by atoms with E-state index in [4.69, 9.17) is 0 Å². The molecule has 1 aliphatic rings. The van der Waals surface area contributed by atoms with Gasteiger partial charge in [-0.2, -0.15) is 0 Å². The minimum atomic E-state index is -3.21. The number of halogens is 3. The molecule has 8 nitrogen and oxygen atoms in total. The van der Waals surface area contributed by atoms with E-state index in [1.54, 1.807) is 57.5 Å². The van der Waals surface area contributed by atoms with E-state index in [1.165, 1.54) is 21.6 Å². The predicted octanol–water partition coefficient (Wildman–Crippen LogP) is 5.10. The number of hydrogen-bond acceptors (Lipinski definition) is 5. The Morgan fingerprint density at radius 1 is 1.19 bits per heavy atom. The SMILES string of the molecule is CNc1ccn(-c2ccnc3c2cc([C@H](C)N2CC[C@H](c4c(C)cc(C(=O)N(C)C)cc4F)C(F)(F)C2)n3C)c(=O)c1. The van der Waals surface area contributed by atoms with Crippen molar-refractivity contribution in [2.75, 3.05) is 39.5 Å². The zero-order valence-corrected chi connectivity index (χ0v) is 24.6. The summed E-state index contributed by atoms with van der Waals surface area (Å²) in [5, 5.41) is 3.68. The summed E-state index contributed by atoms with van der Waals surface area (Å²) < 4.78 is 50.2. The van der Waals surface area contributed by atoms with Crippen molar-refractivity contribution in [1.29, 1.82) is 0 Å². The number of nitrogens with zero attached hydrogens (tertiary/aromatic N) is 5. The standard InChI is InChI=1S/C31H35F3N6O2/c1-18-13-20(30(42)37(4)5)14-24(32)28(18)23-9-11-39(17-31(23,33)34)19(2)26-16-22-25(7-10-36-29(22)38(26)6)40-12-8-21(35-3)15-27(40)41/h7-8,10,12-16,19,23,35H,9,11,17H2,1-6H3/t19-,23+/m0/s1. The van der Waals surface area contributed by atoms with E-state index in [0.717, 1.165) is 17.1 Å². The fraction of sp³-hybridized carbons (Fsp3) is 0.387. The molecule has 1 saturated heterocycles. The molecule has 1 aromatic carbocycles. The Kier molecular flexibility index (Phi) is 7.65. The third-order valence-electron chi connectivity index (χ3n) is 8.35. The van der Waals surface area contributed by atoms with Gasteiger partial charge in [-0.15, -0.1) is 0 Å². The monoisotopic (exact) mass is 580 g/mol. The Bertz CT molecular complexity index is 1700. The summed E-state index contributed by atoms with van der Waals surface area (Å²) in [5.74, 6) is -5.68. The van der Waals surface area contributed by atoms with Crippen LogP contribution < -0.4 is 10.9 Å². The highest BCUT2D eigenvalue weighted by atomic mass is 19.3. The number of carbonyl (C=O) groups is 1. The molecule has 2 atom stereocenters. The van der Waals surface area contributed by atoms with E-state index < -0.39 is 30.2 Å². The van der Waals surface area contributed by atoms with Gasteiger partial charge in [-0.05, 0) is 68.3 Å². The molecule has 222 valence electrons. The molecule has 0 aliphatic carbocycles. The first-order chi connectivity index (χ1) is 19.8. The van der Waals surface area contributed by atoms with Gasteiger partial charge in [0.1, 0.15) is 11.5 Å². The highest BCUT2D eigenvalue weighted by Gasteiger charge is 2.48. The number of benzene rings is 1. The predicted molar refractivity (Wildman–Crippen MR) is 157 cm³/mol. The molecule has 1 fully saturated rings. The van der Waals surface area contributed by atoms with Crippen LogP contribution in [0.5, 0.6) is 0 Å². The first-order valence-corrected chi connectivity index (χ1v) is 13.8. The van der Waals surface area contributed by atoms with Gasteiger partial charge in [0, 0.05) is 75.0 Å². The lowest BCUT2D eigenvalue weighted by Crippen LogP contribution is -2.48. The first-order valence-electron chi connectivity index (χ1n) is 13.8. The Morgan fingerprint density at radius 2 is 1.93 bits per heavy atom. The molecule has 5 rings (SSSR count). The van der Waals surface area contributed by atoms with Crippen molar-refractivity contribution in [3.63, 3.8) is 0 Å². The molecule has 42 heavy (non-hydrogen) atoms. The molecule has 0 unspecified atom stereocenters. The van der Waals surface area contributed by atoms with Crippen molar-refractivity contribution in [1.82, 2.24) is 23.9 Å². The number of carbonyl (C=O) groups excluding carboxylic acids is 1. The second-order valence-electron chi connectivity index (χ2n) is 11.2. The van der Waals surface area contributed by atoms with Crippen LogP contribution in [0.25, 0.3) is 16.7 Å². The van der Waals surface area contributed by atoms with Crippen molar-refractivity contribution in [3.05, 3.63) is 87.3 Å². The quantitative estimate of drug-likeness (QED) is 0.344. The average Bonchev–Trinajstić information content (AvgIpc) is 3.28. The smallest absolute Gasteiger partial charge is 0.267 e. The van der Waals surface area contributed by atoms with Crippen LogP contribution in [0.3, 0.4) is 0 Å². The highest BCUT2D eigenvalue weighted by molar-refractivity contribution is 5.94. The zero-order valence-electron chi connectivity index (χ0n) is 24.6. The molecule has 11 heteroatoms. The van der Waals surface area contributed by atoms with Crippen LogP contribution in [-0.2, 0) is 7.05 Å². The minimum Gasteiger partial charge on any atom is -0.388 e. The van der Waals surface area contributed by atoms with E-state index in [-0.39, 0.29) is 29.0 Å². The van der Waals surface area contributed by atoms with Crippen molar-refractivity contribution in [3.8, 4) is 5.69 Å². The molecule has 0 bridgehead atoms. The van der Waals surface area contributed by atoms with Crippen LogP contribution in [0, 0.1) is 12.7 Å². The van der Waals surface area contributed by atoms with Gasteiger partial charge in [-0.1, -0.05) is 0 Å². The van der Waals surface area contributed by atoms with Crippen LogP contribution in [0.4, 0.5) is 18.9 Å². The summed E-state index contributed by atoms with van der Waals surface area (Å²) in [7, 11) is 6.69. The third kappa shape index (κ3) is 5.06. The molecule has 3 aromatic heterocycles. The number of likely N-dealkylation sites (tertiary alicyclic amines) is 1. The summed E-state index contributed by atoms with van der Waals surface area (Å²) in [6.07, 6.45) is 3.36. The number of amides is 1. The number of alkyl halides is 2. The van der Waals surface area contributed by atoms with E-state index in [9.17, 15) is 9.59 Å². The lowest BCUT2D eigenvalue weighted by atomic mass is 9.82. The second-order valence-corrected chi connectivity index (χ2v) is 11.2. The normalized spacial score (nSPS) is 17.8. The molecule has 1 amide bonds. The Labute approximate surface area is 242 Å². The van der Waals surface area contributed by atoms with E-state index >= 15 is 13.2 Å². The molecular formula is C31H35F3N6O2. The molecule has 4 heterocycles. The second kappa shape index (κ2) is 10.9. The van der Waals surface area contributed by atoms with Crippen LogP contribution in [0.15, 0.2) is 53.6 Å². The van der Waals surface area contributed by atoms with Crippen LogP contribution in [-0.4, -0.2) is 70.0 Å². The van der Waals surface area contributed by atoms with Gasteiger partial charge in [0.2, 0.25) is 0 Å². The summed E-state index contributed by atoms with van der Waals surface area (Å²) in [5.41, 5.74) is 2.98. The number of aryl methyl sites for hydroxylation is 2. The highest BCUT2D eigenvalue weighted by Crippen LogP contribution is 2.45. The summed E-state index contributed by atoms with van der Waals surface area (Å²) in [4.78, 5) is 32.7. The Morgan fingerprint density at radius 3 is 2.55 bits per heavy atom. The maximum atomic E-state index is 15.8. The summed E-state index contributed by atoms with van der Waals surface area (Å²) >= 11 is 0. The number of rotatable bonds is 6. The summed E-state index contributed by atoms with van der Waals surface area (Å²) in [6, 6.07) is 9.10. The maximum Gasteiger partial charge on any atom is 0.267 e. The number of pyridine rings is 2. The molecular weight excluding hydrogens is 545 g/mol. The number of nitrogens with one attached hydrogen (secondary N) is 1. The molecule has 4 aromatic rings. The van der Waals surface area contributed by atoms with Crippen molar-refractivity contribution in [2.24, 2.45) is 7.05 Å². The largest absolute Gasteiger partial charge is 0.388 e. The molecule has 1 N–H and O–H groups in total. The van der Waals surface area contributed by atoms with Gasteiger partial charge in [0.05, 0.1) is 18.2 Å². The molecule has 1 aliphatic heterocycles. The number of anilines is 1. The van der Waals surface area contributed by atoms with E-state index in [2.05, 4.69) is 10.3 Å². The number of piperidine rings is 1. The molecule has 0 saturated carbocycles. The van der Waals surface area contributed by atoms with Crippen LogP contribution in [0.2, 0.25) is 0 Å². The first kappa shape index (κ1) is 29.4. The van der Waals surface area contributed by atoms with Gasteiger partial charge in [0.25, 0.3) is 17.4 Å². The summed E-state index contributed by atoms with van der Waals surface area (Å²) in [6.45, 7) is 3.22. The zero-order chi connectivity index (χ0) is 30.5. The fourth-order valence-corrected chi connectivity index (χ4v) is 6.09. The number of fused-ring (bicyclic) bond motifs is 1. The maximum absolute atomic E-state index is 15.8. The van der Waals surface area contributed by atoms with Gasteiger partial charge in [-0.25, -0.2) is 18.2 Å². The van der Waals surface area contributed by atoms with E-state index in [1.807, 2.05) is 24.6 Å². The van der Waals surface area contributed by atoms with Crippen molar-refractivity contribution < 1.29 is 18.0 Å². The third-order valence-corrected chi connectivity index (χ3v) is 8.35. The number of hydrogen-bond donors (Lipinski definition) is 1. The van der Waals surface area contributed by atoms with Crippen LogP contribution >= 0.6 is 0 Å². The minimum absolute atomic E-state index is 0.0317. The van der Waals surface area contributed by atoms with E-state index in [0.29, 0.717) is 29.1 Å². The lowest BCUT2D eigenvalue weighted by Gasteiger charge is -2.42. The van der Waals surface area contributed by atoms with Crippen molar-refractivity contribution >= 4 is 22.6 Å². The van der Waals surface area contributed by atoms with Crippen molar-refractivity contribution in [2.45, 2.75) is 38.2 Å². The van der Waals surface area contributed by atoms with Gasteiger partial charge in [-0.3, -0.25) is 19.1 Å².